The fourth-order valence-corrected chi connectivity index (χ4v) is 1.00. The van der Waals surface area contributed by atoms with Gasteiger partial charge in [-0.15, -0.1) is 11.6 Å². The number of hydrogen-bond acceptors (Lipinski definition) is 3. The van der Waals surface area contributed by atoms with Crippen molar-refractivity contribution in [2.24, 2.45) is 0 Å². The lowest BCUT2D eigenvalue weighted by molar-refractivity contribution is -0.141. The molecule has 0 atom stereocenters. The van der Waals surface area contributed by atoms with E-state index < -0.39 is 11.9 Å². The Labute approximate surface area is 89.7 Å². The van der Waals surface area contributed by atoms with Crippen molar-refractivity contribution < 1.29 is 13.2 Å². The molecule has 0 bridgehead atoms. The summed E-state index contributed by atoms with van der Waals surface area (Å²) in [5, 5.41) is 2.65. The highest BCUT2D eigenvalue weighted by atomic mass is 35.5. The summed E-state index contributed by atoms with van der Waals surface area (Å²) in [6.07, 6.45) is -2.73. The van der Waals surface area contributed by atoms with Crippen LogP contribution in [0, 0.1) is 0 Å². The lowest BCUT2D eigenvalue weighted by Gasteiger charge is -2.07. The molecule has 0 saturated heterocycles. The number of hydrogen-bond donors (Lipinski definition) is 1. The Kier molecular flexibility index (Phi) is 4.14. The third-order valence-electron chi connectivity index (χ3n) is 1.54. The van der Waals surface area contributed by atoms with Gasteiger partial charge < -0.3 is 5.32 Å². The molecule has 0 aliphatic rings. The van der Waals surface area contributed by atoms with E-state index in [1.807, 2.05) is 0 Å². The van der Waals surface area contributed by atoms with Crippen LogP contribution in [0.25, 0.3) is 0 Å². The maximum absolute atomic E-state index is 12.2. The van der Waals surface area contributed by atoms with Gasteiger partial charge in [-0.1, -0.05) is 0 Å². The second-order valence-corrected chi connectivity index (χ2v) is 3.11. The van der Waals surface area contributed by atoms with Crippen molar-refractivity contribution >= 4 is 17.5 Å². The van der Waals surface area contributed by atoms with Gasteiger partial charge in [0.1, 0.15) is 5.69 Å². The van der Waals surface area contributed by atoms with Crippen molar-refractivity contribution in [2.75, 3.05) is 17.7 Å². The van der Waals surface area contributed by atoms with Gasteiger partial charge in [-0.25, -0.2) is 9.97 Å². The average molecular weight is 240 g/mol. The lowest BCUT2D eigenvalue weighted by atomic mass is 10.4. The third-order valence-corrected chi connectivity index (χ3v) is 1.81. The monoisotopic (exact) mass is 239 g/mol. The summed E-state index contributed by atoms with van der Waals surface area (Å²) >= 11 is 5.41. The summed E-state index contributed by atoms with van der Waals surface area (Å²) in [5.41, 5.74) is -0.953. The SMILES string of the molecule is FC(F)(F)c1ccnc(NCCCCl)n1. The van der Waals surface area contributed by atoms with Gasteiger partial charge in [-0.05, 0) is 12.5 Å². The van der Waals surface area contributed by atoms with E-state index in [4.69, 9.17) is 11.6 Å². The highest BCUT2D eigenvalue weighted by Gasteiger charge is 2.32. The van der Waals surface area contributed by atoms with Gasteiger partial charge >= 0.3 is 6.18 Å². The van der Waals surface area contributed by atoms with Gasteiger partial charge in [-0.2, -0.15) is 13.2 Å². The first-order chi connectivity index (χ1) is 7.04. The zero-order valence-corrected chi connectivity index (χ0v) is 8.44. The first-order valence-electron chi connectivity index (χ1n) is 4.24. The molecule has 1 aromatic rings. The zero-order valence-electron chi connectivity index (χ0n) is 7.68. The Morgan fingerprint density at radius 1 is 1.40 bits per heavy atom. The molecule has 3 nitrogen and oxygen atoms in total. The van der Waals surface area contributed by atoms with Crippen LogP contribution in [0.1, 0.15) is 12.1 Å². The largest absolute Gasteiger partial charge is 0.433 e. The number of nitrogens with zero attached hydrogens (tertiary/aromatic N) is 2. The normalized spacial score (nSPS) is 11.5. The van der Waals surface area contributed by atoms with Gasteiger partial charge in [0.25, 0.3) is 0 Å². The molecular weight excluding hydrogens is 231 g/mol. The molecule has 0 spiro atoms. The fourth-order valence-electron chi connectivity index (χ4n) is 0.869. The maximum Gasteiger partial charge on any atom is 0.433 e. The first kappa shape index (κ1) is 12.0. The molecule has 0 saturated carbocycles. The molecule has 1 N–H and O–H groups in total. The standard InChI is InChI=1S/C8H9ClF3N3/c9-3-1-4-13-7-14-5-2-6(15-7)8(10,11)12/h2,5H,1,3-4H2,(H,13,14,15). The van der Waals surface area contributed by atoms with Crippen molar-refractivity contribution in [3.8, 4) is 0 Å². The molecule has 1 rings (SSSR count). The highest BCUT2D eigenvalue weighted by molar-refractivity contribution is 6.17. The quantitative estimate of drug-likeness (QED) is 0.648. The number of aromatic nitrogens is 2. The number of nitrogens with one attached hydrogen (secondary N) is 1. The minimum absolute atomic E-state index is 0.0325. The van der Waals surface area contributed by atoms with E-state index in [9.17, 15) is 13.2 Å². The summed E-state index contributed by atoms with van der Waals surface area (Å²) in [4.78, 5) is 6.98. The smallest absolute Gasteiger partial charge is 0.354 e. The molecule has 0 aliphatic carbocycles. The van der Waals surface area contributed by atoms with Crippen LogP contribution < -0.4 is 5.32 Å². The van der Waals surface area contributed by atoms with Gasteiger partial charge in [0.2, 0.25) is 5.95 Å². The van der Waals surface area contributed by atoms with Gasteiger partial charge in [-0.3, -0.25) is 0 Å². The van der Waals surface area contributed by atoms with Crippen LogP contribution in [-0.2, 0) is 6.18 Å². The number of anilines is 1. The number of alkyl halides is 4. The Morgan fingerprint density at radius 3 is 2.73 bits per heavy atom. The Balaban J connectivity index is 2.66. The average Bonchev–Trinajstić information content (AvgIpc) is 2.17. The van der Waals surface area contributed by atoms with Crippen molar-refractivity contribution in [1.82, 2.24) is 9.97 Å². The van der Waals surface area contributed by atoms with Gasteiger partial charge in [0.05, 0.1) is 0 Å². The van der Waals surface area contributed by atoms with Gasteiger partial charge in [0.15, 0.2) is 0 Å². The van der Waals surface area contributed by atoms with Crippen LogP contribution in [0.2, 0.25) is 0 Å². The predicted octanol–water partition coefficient (Wildman–Crippen LogP) is 2.54. The van der Waals surface area contributed by atoms with E-state index >= 15 is 0 Å². The van der Waals surface area contributed by atoms with Gasteiger partial charge in [0, 0.05) is 18.6 Å². The van der Waals surface area contributed by atoms with E-state index in [-0.39, 0.29) is 5.95 Å². The molecule has 0 aromatic carbocycles. The number of rotatable bonds is 4. The second-order valence-electron chi connectivity index (χ2n) is 2.73. The van der Waals surface area contributed by atoms with Crippen molar-refractivity contribution in [3.63, 3.8) is 0 Å². The molecule has 0 unspecified atom stereocenters. The Bertz CT molecular complexity index is 316. The van der Waals surface area contributed by atoms with Crippen LogP contribution in [-0.4, -0.2) is 22.4 Å². The van der Waals surface area contributed by atoms with Crippen LogP contribution in [0.15, 0.2) is 12.3 Å². The maximum atomic E-state index is 12.2. The van der Waals surface area contributed by atoms with Crippen molar-refractivity contribution in [2.45, 2.75) is 12.6 Å². The zero-order chi connectivity index (χ0) is 11.3. The molecule has 0 radical (unpaired) electrons. The van der Waals surface area contributed by atoms with E-state index in [0.29, 0.717) is 18.8 Å². The molecule has 84 valence electrons. The minimum Gasteiger partial charge on any atom is -0.354 e. The van der Waals surface area contributed by atoms with Crippen molar-refractivity contribution in [3.05, 3.63) is 18.0 Å². The molecule has 1 heterocycles. The third kappa shape index (κ3) is 3.91. The van der Waals surface area contributed by atoms with Crippen LogP contribution in [0.3, 0.4) is 0 Å². The molecular formula is C8H9ClF3N3. The molecule has 0 fully saturated rings. The van der Waals surface area contributed by atoms with Crippen LogP contribution in [0.5, 0.6) is 0 Å². The summed E-state index contributed by atoms with van der Waals surface area (Å²) in [6, 6.07) is 0.826. The molecule has 0 amide bonds. The molecule has 15 heavy (non-hydrogen) atoms. The van der Waals surface area contributed by atoms with Crippen LogP contribution in [0.4, 0.5) is 19.1 Å². The van der Waals surface area contributed by atoms with E-state index in [0.717, 1.165) is 12.3 Å². The molecule has 1 aromatic heterocycles. The predicted molar refractivity (Wildman–Crippen MR) is 50.9 cm³/mol. The van der Waals surface area contributed by atoms with E-state index in [1.165, 1.54) is 0 Å². The van der Waals surface area contributed by atoms with Crippen LogP contribution >= 0.6 is 11.6 Å². The Morgan fingerprint density at radius 2 is 2.13 bits per heavy atom. The fraction of sp³-hybridized carbons (Fsp3) is 0.500. The summed E-state index contributed by atoms with van der Waals surface area (Å²) in [7, 11) is 0. The summed E-state index contributed by atoms with van der Waals surface area (Å²) in [6.45, 7) is 0.449. The van der Waals surface area contributed by atoms with E-state index in [2.05, 4.69) is 15.3 Å². The molecule has 0 aliphatic heterocycles. The summed E-state index contributed by atoms with van der Waals surface area (Å²) in [5.74, 6) is 0.404. The first-order valence-corrected chi connectivity index (χ1v) is 4.77. The van der Waals surface area contributed by atoms with E-state index in [1.54, 1.807) is 0 Å². The topological polar surface area (TPSA) is 37.8 Å². The minimum atomic E-state index is -4.44. The highest BCUT2D eigenvalue weighted by Crippen LogP contribution is 2.27. The Hall–Kier alpha value is -1.04. The summed E-state index contributed by atoms with van der Waals surface area (Å²) < 4.78 is 36.7. The molecule has 7 heteroatoms. The number of halogens is 4. The second kappa shape index (κ2) is 5.16. The lowest BCUT2D eigenvalue weighted by Crippen LogP contribution is -2.12. The van der Waals surface area contributed by atoms with Crippen molar-refractivity contribution in [1.29, 1.82) is 0 Å².